The Bertz CT molecular complexity index is 502. The van der Waals surface area contributed by atoms with Gasteiger partial charge in [-0.2, -0.15) is 0 Å². The monoisotopic (exact) mass is 289 g/mol. The van der Waals surface area contributed by atoms with Crippen molar-refractivity contribution in [1.29, 1.82) is 0 Å². The van der Waals surface area contributed by atoms with Crippen LogP contribution in [0.2, 0.25) is 0 Å². The number of fused-ring (bicyclic) bond motifs is 1. The van der Waals surface area contributed by atoms with E-state index in [1.165, 1.54) is 0 Å². The van der Waals surface area contributed by atoms with Crippen LogP contribution in [0.3, 0.4) is 0 Å². The van der Waals surface area contributed by atoms with Crippen LogP contribution < -0.4 is 15.5 Å². The molecule has 114 valence electrons. The fraction of sp³-hybridized carbons (Fsp3) is 0.500. The average molecular weight is 289 g/mol. The Morgan fingerprint density at radius 2 is 2.00 bits per heavy atom. The third-order valence-electron chi connectivity index (χ3n) is 3.54. The Morgan fingerprint density at radius 1 is 1.19 bits per heavy atom. The first-order valence-electron chi connectivity index (χ1n) is 7.58. The van der Waals surface area contributed by atoms with Crippen molar-refractivity contribution in [3.63, 3.8) is 0 Å². The molecule has 0 bridgehead atoms. The molecule has 0 atom stereocenters. The van der Waals surface area contributed by atoms with Crippen LogP contribution in [0.4, 0.5) is 5.69 Å². The molecule has 0 radical (unpaired) electrons. The zero-order valence-corrected chi connectivity index (χ0v) is 12.5. The SMILES string of the molecule is CCCNCCNC(=O)CN1C(=O)CCc2ccccc21. The van der Waals surface area contributed by atoms with E-state index >= 15 is 0 Å². The molecule has 21 heavy (non-hydrogen) atoms. The number of nitrogens with one attached hydrogen (secondary N) is 2. The van der Waals surface area contributed by atoms with Crippen LogP contribution in [0.1, 0.15) is 25.3 Å². The van der Waals surface area contributed by atoms with Crippen LogP contribution in [0, 0.1) is 0 Å². The van der Waals surface area contributed by atoms with Gasteiger partial charge in [-0.15, -0.1) is 0 Å². The molecule has 1 aliphatic rings. The van der Waals surface area contributed by atoms with Crippen LogP contribution >= 0.6 is 0 Å². The smallest absolute Gasteiger partial charge is 0.240 e. The van der Waals surface area contributed by atoms with Gasteiger partial charge in [-0.25, -0.2) is 0 Å². The molecule has 5 nitrogen and oxygen atoms in total. The van der Waals surface area contributed by atoms with Crippen molar-refractivity contribution in [3.8, 4) is 0 Å². The summed E-state index contributed by atoms with van der Waals surface area (Å²) in [6, 6.07) is 7.78. The number of rotatable bonds is 7. The summed E-state index contributed by atoms with van der Waals surface area (Å²) < 4.78 is 0. The number of amides is 2. The van der Waals surface area contributed by atoms with E-state index in [0.717, 1.165) is 37.2 Å². The zero-order chi connectivity index (χ0) is 15.1. The number of aryl methyl sites for hydroxylation is 1. The second-order valence-corrected chi connectivity index (χ2v) is 5.21. The summed E-state index contributed by atoms with van der Waals surface area (Å²) in [5, 5.41) is 6.07. The first kappa shape index (κ1) is 15.5. The van der Waals surface area contributed by atoms with Gasteiger partial charge >= 0.3 is 0 Å². The number of carbonyl (C=O) groups excluding carboxylic acids is 2. The summed E-state index contributed by atoms with van der Waals surface area (Å²) in [7, 11) is 0. The summed E-state index contributed by atoms with van der Waals surface area (Å²) in [4.78, 5) is 25.6. The number of para-hydroxylation sites is 1. The minimum absolute atomic E-state index is 0.0213. The first-order valence-corrected chi connectivity index (χ1v) is 7.58. The minimum Gasteiger partial charge on any atom is -0.353 e. The highest BCUT2D eigenvalue weighted by Crippen LogP contribution is 2.26. The van der Waals surface area contributed by atoms with Crippen molar-refractivity contribution in [1.82, 2.24) is 10.6 Å². The Labute approximate surface area is 125 Å². The quantitative estimate of drug-likeness (QED) is 0.739. The van der Waals surface area contributed by atoms with E-state index in [0.29, 0.717) is 13.0 Å². The summed E-state index contributed by atoms with van der Waals surface area (Å²) >= 11 is 0. The van der Waals surface area contributed by atoms with Crippen molar-refractivity contribution in [2.24, 2.45) is 0 Å². The lowest BCUT2D eigenvalue weighted by molar-refractivity contribution is -0.124. The van der Waals surface area contributed by atoms with E-state index in [1.807, 2.05) is 24.3 Å². The van der Waals surface area contributed by atoms with Gasteiger partial charge in [0.05, 0.1) is 0 Å². The second-order valence-electron chi connectivity index (χ2n) is 5.21. The van der Waals surface area contributed by atoms with Gasteiger partial charge < -0.3 is 15.5 Å². The molecular weight excluding hydrogens is 266 g/mol. The van der Waals surface area contributed by atoms with E-state index < -0.39 is 0 Å². The molecule has 0 spiro atoms. The molecule has 1 heterocycles. The predicted molar refractivity (Wildman–Crippen MR) is 83.3 cm³/mol. The Kier molecular flexibility index (Phi) is 5.75. The lowest BCUT2D eigenvalue weighted by Gasteiger charge is -2.28. The number of nitrogens with zero attached hydrogens (tertiary/aromatic N) is 1. The molecule has 5 heteroatoms. The highest BCUT2D eigenvalue weighted by atomic mass is 16.2. The third-order valence-corrected chi connectivity index (χ3v) is 3.54. The summed E-state index contributed by atoms with van der Waals surface area (Å²) in [6.07, 6.45) is 2.31. The van der Waals surface area contributed by atoms with Crippen LogP contribution in [0.25, 0.3) is 0 Å². The fourth-order valence-electron chi connectivity index (χ4n) is 2.46. The van der Waals surface area contributed by atoms with Crippen LogP contribution in [0.5, 0.6) is 0 Å². The van der Waals surface area contributed by atoms with E-state index in [1.54, 1.807) is 4.90 Å². The summed E-state index contributed by atoms with van der Waals surface area (Å²) in [5.41, 5.74) is 2.00. The third kappa shape index (κ3) is 4.29. The van der Waals surface area contributed by atoms with Crippen LogP contribution in [0.15, 0.2) is 24.3 Å². The van der Waals surface area contributed by atoms with Crippen molar-refractivity contribution in [2.75, 3.05) is 31.1 Å². The van der Waals surface area contributed by atoms with Crippen molar-refractivity contribution in [3.05, 3.63) is 29.8 Å². The van der Waals surface area contributed by atoms with E-state index in [-0.39, 0.29) is 18.4 Å². The molecule has 2 N–H and O–H groups in total. The normalized spacial score (nSPS) is 14.0. The molecule has 0 aliphatic carbocycles. The maximum Gasteiger partial charge on any atom is 0.240 e. The Hall–Kier alpha value is -1.88. The fourth-order valence-corrected chi connectivity index (χ4v) is 2.46. The Morgan fingerprint density at radius 3 is 2.81 bits per heavy atom. The standard InChI is InChI=1S/C16H23N3O2/c1-2-9-17-10-11-18-15(20)12-19-14-6-4-3-5-13(14)7-8-16(19)21/h3-6,17H,2,7-12H2,1H3,(H,18,20). The van der Waals surface area contributed by atoms with Gasteiger partial charge in [0.1, 0.15) is 6.54 Å². The van der Waals surface area contributed by atoms with Gasteiger partial charge in [0.2, 0.25) is 11.8 Å². The number of hydrogen-bond donors (Lipinski definition) is 2. The number of anilines is 1. The molecule has 0 saturated heterocycles. The first-order chi connectivity index (χ1) is 10.2. The largest absolute Gasteiger partial charge is 0.353 e. The molecule has 0 saturated carbocycles. The van der Waals surface area contributed by atoms with Crippen LogP contribution in [-0.4, -0.2) is 38.0 Å². The molecule has 0 aromatic heterocycles. The Balaban J connectivity index is 1.87. The van der Waals surface area contributed by atoms with E-state index in [9.17, 15) is 9.59 Å². The van der Waals surface area contributed by atoms with E-state index in [2.05, 4.69) is 17.6 Å². The van der Waals surface area contributed by atoms with Gasteiger partial charge in [0, 0.05) is 25.2 Å². The number of benzene rings is 1. The molecule has 2 amide bonds. The highest BCUT2D eigenvalue weighted by Gasteiger charge is 2.25. The topological polar surface area (TPSA) is 61.4 Å². The molecule has 1 aromatic carbocycles. The van der Waals surface area contributed by atoms with Gasteiger partial charge in [-0.05, 0) is 31.0 Å². The van der Waals surface area contributed by atoms with E-state index in [4.69, 9.17) is 0 Å². The maximum atomic E-state index is 12.0. The van der Waals surface area contributed by atoms with Crippen molar-refractivity contribution < 1.29 is 9.59 Å². The maximum absolute atomic E-state index is 12.0. The van der Waals surface area contributed by atoms with Gasteiger partial charge in [-0.1, -0.05) is 25.1 Å². The number of carbonyl (C=O) groups is 2. The molecule has 1 aliphatic heterocycles. The molecule has 0 unspecified atom stereocenters. The molecule has 0 fully saturated rings. The van der Waals surface area contributed by atoms with Gasteiger partial charge in [0.15, 0.2) is 0 Å². The predicted octanol–water partition coefficient (Wildman–Crippen LogP) is 1.08. The summed E-state index contributed by atoms with van der Waals surface area (Å²) in [6.45, 7) is 4.50. The molecule has 1 aromatic rings. The van der Waals surface area contributed by atoms with Crippen molar-refractivity contribution >= 4 is 17.5 Å². The summed E-state index contributed by atoms with van der Waals surface area (Å²) in [5.74, 6) is -0.0914. The number of hydrogen-bond acceptors (Lipinski definition) is 3. The highest BCUT2D eigenvalue weighted by molar-refractivity contribution is 6.00. The van der Waals surface area contributed by atoms with Crippen molar-refractivity contribution in [2.45, 2.75) is 26.2 Å². The minimum atomic E-state index is -0.113. The molecule has 2 rings (SSSR count). The molecular formula is C16H23N3O2. The van der Waals surface area contributed by atoms with Crippen LogP contribution in [-0.2, 0) is 16.0 Å². The average Bonchev–Trinajstić information content (AvgIpc) is 2.50. The zero-order valence-electron chi connectivity index (χ0n) is 12.5. The lowest BCUT2D eigenvalue weighted by atomic mass is 10.0. The van der Waals surface area contributed by atoms with Gasteiger partial charge in [-0.3, -0.25) is 9.59 Å². The van der Waals surface area contributed by atoms with Gasteiger partial charge in [0.25, 0.3) is 0 Å². The second kappa shape index (κ2) is 7.78. The lowest BCUT2D eigenvalue weighted by Crippen LogP contribution is -2.44.